The third-order valence-electron chi connectivity index (χ3n) is 3.47. The lowest BCUT2D eigenvalue weighted by Crippen LogP contribution is -2.40. The molecule has 2 rings (SSSR count). The molecule has 6 nitrogen and oxygen atoms in total. The number of ether oxygens (including phenoxy) is 1. The first-order valence-electron chi connectivity index (χ1n) is 6.37. The first-order chi connectivity index (χ1) is 9.45. The fourth-order valence-corrected chi connectivity index (χ4v) is 2.49. The number of benzene rings is 1. The van der Waals surface area contributed by atoms with Crippen LogP contribution in [0.5, 0.6) is 11.5 Å². The number of phenols is 1. The molecule has 0 spiro atoms. The third kappa shape index (κ3) is 2.41. The highest BCUT2D eigenvalue weighted by Gasteiger charge is 2.35. The van der Waals surface area contributed by atoms with Crippen LogP contribution in [0, 0.1) is 6.92 Å². The smallest absolute Gasteiger partial charge is 0.326 e. The quantitative estimate of drug-likeness (QED) is 0.873. The topological polar surface area (TPSA) is 87.1 Å². The van der Waals surface area contributed by atoms with Crippen LogP contribution in [-0.2, 0) is 4.79 Å². The second kappa shape index (κ2) is 5.40. The highest BCUT2D eigenvalue weighted by Crippen LogP contribution is 2.33. The van der Waals surface area contributed by atoms with E-state index in [2.05, 4.69) is 0 Å². The van der Waals surface area contributed by atoms with Crippen LogP contribution in [0.25, 0.3) is 0 Å². The lowest BCUT2D eigenvalue weighted by Gasteiger charge is -2.22. The Balaban J connectivity index is 2.38. The zero-order valence-electron chi connectivity index (χ0n) is 11.4. The highest BCUT2D eigenvalue weighted by atomic mass is 16.5. The summed E-state index contributed by atoms with van der Waals surface area (Å²) in [7, 11) is 1.40. The van der Waals surface area contributed by atoms with E-state index < -0.39 is 17.9 Å². The number of carbonyl (C=O) groups excluding carboxylic acids is 1. The molecule has 1 fully saturated rings. The van der Waals surface area contributed by atoms with Gasteiger partial charge in [0.1, 0.15) is 6.04 Å². The summed E-state index contributed by atoms with van der Waals surface area (Å²) in [6.07, 6.45) is 1.08. The van der Waals surface area contributed by atoms with Crippen molar-refractivity contribution >= 4 is 11.9 Å². The molecule has 0 bridgehead atoms. The molecular weight excluding hydrogens is 262 g/mol. The molecule has 6 heteroatoms. The zero-order chi connectivity index (χ0) is 14.9. The summed E-state index contributed by atoms with van der Waals surface area (Å²) in [5, 5.41) is 19.2. The maximum atomic E-state index is 12.5. The van der Waals surface area contributed by atoms with Crippen LogP contribution >= 0.6 is 0 Å². The Morgan fingerprint density at radius 1 is 1.40 bits per heavy atom. The van der Waals surface area contributed by atoms with E-state index in [0.717, 1.165) is 5.56 Å². The van der Waals surface area contributed by atoms with Crippen LogP contribution in [-0.4, -0.2) is 46.7 Å². The number of aliphatic carboxylic acids is 1. The van der Waals surface area contributed by atoms with E-state index in [4.69, 9.17) is 9.84 Å². The maximum Gasteiger partial charge on any atom is 0.326 e. The molecule has 1 aromatic rings. The molecule has 0 radical (unpaired) electrons. The standard InChI is InChI=1S/C14H17NO5/c1-8-6-9(12(16)11(7-8)20-2)13(17)15-5-3-4-10(15)14(18)19/h6-7,10,16H,3-5H2,1-2H3,(H,18,19)/t10-/m1/s1. The van der Waals surface area contributed by atoms with Crippen molar-refractivity contribution in [2.75, 3.05) is 13.7 Å². The monoisotopic (exact) mass is 279 g/mol. The number of carbonyl (C=O) groups is 2. The van der Waals surface area contributed by atoms with Gasteiger partial charge in [0, 0.05) is 6.54 Å². The van der Waals surface area contributed by atoms with Gasteiger partial charge in [-0.2, -0.15) is 0 Å². The van der Waals surface area contributed by atoms with Crippen LogP contribution < -0.4 is 4.74 Å². The normalized spacial score (nSPS) is 18.1. The first kappa shape index (κ1) is 14.2. The van der Waals surface area contributed by atoms with Crippen molar-refractivity contribution in [3.63, 3.8) is 0 Å². The minimum absolute atomic E-state index is 0.0787. The van der Waals surface area contributed by atoms with E-state index in [1.165, 1.54) is 18.1 Å². The molecule has 1 atom stereocenters. The fraction of sp³-hybridized carbons (Fsp3) is 0.429. The summed E-state index contributed by atoms with van der Waals surface area (Å²) in [4.78, 5) is 24.9. The number of likely N-dealkylation sites (tertiary alicyclic amines) is 1. The van der Waals surface area contributed by atoms with E-state index in [1.807, 2.05) is 0 Å². The number of rotatable bonds is 3. The maximum absolute atomic E-state index is 12.5. The Bertz CT molecular complexity index is 555. The SMILES string of the molecule is COc1cc(C)cc(C(=O)N2CCC[C@@H]2C(=O)O)c1O. The summed E-state index contributed by atoms with van der Waals surface area (Å²) in [5.74, 6) is -1.54. The number of hydrogen-bond donors (Lipinski definition) is 2. The van der Waals surface area contributed by atoms with Gasteiger partial charge in [-0.05, 0) is 37.5 Å². The molecule has 1 aliphatic heterocycles. The Morgan fingerprint density at radius 2 is 2.10 bits per heavy atom. The van der Waals surface area contributed by atoms with E-state index >= 15 is 0 Å². The summed E-state index contributed by atoms with van der Waals surface area (Å²) in [6.45, 7) is 2.16. The van der Waals surface area contributed by atoms with Crippen molar-refractivity contribution in [1.29, 1.82) is 0 Å². The van der Waals surface area contributed by atoms with Gasteiger partial charge in [0.25, 0.3) is 5.91 Å². The molecular formula is C14H17NO5. The van der Waals surface area contributed by atoms with E-state index in [9.17, 15) is 14.7 Å². The second-order valence-electron chi connectivity index (χ2n) is 4.86. The van der Waals surface area contributed by atoms with Gasteiger partial charge in [0.2, 0.25) is 0 Å². The molecule has 20 heavy (non-hydrogen) atoms. The lowest BCUT2D eigenvalue weighted by molar-refractivity contribution is -0.141. The van der Waals surface area contributed by atoms with Crippen molar-refractivity contribution < 1.29 is 24.5 Å². The van der Waals surface area contributed by atoms with Gasteiger partial charge in [-0.25, -0.2) is 4.79 Å². The lowest BCUT2D eigenvalue weighted by atomic mass is 10.1. The number of aryl methyl sites for hydroxylation is 1. The number of phenolic OH excluding ortho intramolecular Hbond substituents is 1. The minimum Gasteiger partial charge on any atom is -0.504 e. The van der Waals surface area contributed by atoms with Gasteiger partial charge < -0.3 is 19.8 Å². The van der Waals surface area contributed by atoms with Gasteiger partial charge in [-0.15, -0.1) is 0 Å². The van der Waals surface area contributed by atoms with Gasteiger partial charge in [-0.3, -0.25) is 4.79 Å². The van der Waals surface area contributed by atoms with Gasteiger partial charge in [0.15, 0.2) is 11.5 Å². The van der Waals surface area contributed by atoms with Gasteiger partial charge in [0.05, 0.1) is 12.7 Å². The summed E-state index contributed by atoms with van der Waals surface area (Å²) < 4.78 is 5.02. The van der Waals surface area contributed by atoms with Crippen LogP contribution in [0.15, 0.2) is 12.1 Å². The molecule has 0 aromatic heterocycles. The highest BCUT2D eigenvalue weighted by molar-refractivity contribution is 6.00. The number of aromatic hydroxyl groups is 1. The first-order valence-corrected chi connectivity index (χ1v) is 6.37. The molecule has 0 unspecified atom stereocenters. The van der Waals surface area contributed by atoms with Crippen molar-refractivity contribution in [3.05, 3.63) is 23.3 Å². The fourth-order valence-electron chi connectivity index (χ4n) is 2.49. The van der Waals surface area contributed by atoms with Crippen LogP contribution in [0.4, 0.5) is 0 Å². The van der Waals surface area contributed by atoms with E-state index in [-0.39, 0.29) is 17.1 Å². The second-order valence-corrected chi connectivity index (χ2v) is 4.86. The zero-order valence-corrected chi connectivity index (χ0v) is 11.4. The number of nitrogens with zero attached hydrogens (tertiary/aromatic N) is 1. The van der Waals surface area contributed by atoms with Crippen molar-refractivity contribution in [1.82, 2.24) is 4.90 Å². The van der Waals surface area contributed by atoms with Crippen molar-refractivity contribution in [3.8, 4) is 11.5 Å². The Hall–Kier alpha value is -2.24. The molecule has 1 saturated heterocycles. The van der Waals surface area contributed by atoms with Crippen LogP contribution in [0.2, 0.25) is 0 Å². The predicted molar refractivity (Wildman–Crippen MR) is 71.1 cm³/mol. The summed E-state index contributed by atoms with van der Waals surface area (Å²) >= 11 is 0. The van der Waals surface area contributed by atoms with Crippen molar-refractivity contribution in [2.24, 2.45) is 0 Å². The summed E-state index contributed by atoms with van der Waals surface area (Å²) in [5.41, 5.74) is 0.837. The molecule has 2 N–H and O–H groups in total. The molecule has 1 amide bonds. The molecule has 0 aliphatic carbocycles. The number of hydrogen-bond acceptors (Lipinski definition) is 4. The number of carboxylic acid groups (broad SMARTS) is 1. The molecule has 1 aromatic carbocycles. The Morgan fingerprint density at radius 3 is 2.70 bits per heavy atom. The van der Waals surface area contributed by atoms with E-state index in [1.54, 1.807) is 13.0 Å². The third-order valence-corrected chi connectivity index (χ3v) is 3.47. The van der Waals surface area contributed by atoms with Crippen LogP contribution in [0.3, 0.4) is 0 Å². The molecule has 108 valence electrons. The molecule has 1 heterocycles. The average Bonchev–Trinajstić information content (AvgIpc) is 2.89. The van der Waals surface area contributed by atoms with E-state index in [0.29, 0.717) is 19.4 Å². The molecule has 0 saturated carbocycles. The predicted octanol–water partition coefficient (Wildman–Crippen LogP) is 1.40. The molecule has 1 aliphatic rings. The number of methoxy groups -OCH3 is 1. The average molecular weight is 279 g/mol. The van der Waals surface area contributed by atoms with Crippen molar-refractivity contribution in [2.45, 2.75) is 25.8 Å². The Kier molecular flexibility index (Phi) is 3.83. The minimum atomic E-state index is -1.02. The van der Waals surface area contributed by atoms with Gasteiger partial charge in [-0.1, -0.05) is 0 Å². The Labute approximate surface area is 116 Å². The summed E-state index contributed by atoms with van der Waals surface area (Å²) in [6, 6.07) is 2.33. The number of carboxylic acids is 1. The number of amides is 1. The van der Waals surface area contributed by atoms with Crippen LogP contribution in [0.1, 0.15) is 28.8 Å². The van der Waals surface area contributed by atoms with Gasteiger partial charge >= 0.3 is 5.97 Å². The largest absolute Gasteiger partial charge is 0.504 e.